The van der Waals surface area contributed by atoms with E-state index < -0.39 is 24.0 Å². The maximum absolute atomic E-state index is 13.7. The average Bonchev–Trinajstić information content (AvgIpc) is 2.89. The van der Waals surface area contributed by atoms with E-state index in [9.17, 15) is 19.5 Å². The van der Waals surface area contributed by atoms with Crippen LogP contribution >= 0.6 is 0 Å². The minimum Gasteiger partial charge on any atom is -0.393 e. The highest BCUT2D eigenvalue weighted by Crippen LogP contribution is 2.52. The number of allylic oxidation sites excluding steroid dienone is 2. The quantitative estimate of drug-likeness (QED) is 0.559. The molecule has 28 heavy (non-hydrogen) atoms. The Kier molecular flexibility index (Phi) is 6.14. The molecule has 9 unspecified atom stereocenters. The third kappa shape index (κ3) is 3.36. The molecule has 156 valence electrons. The van der Waals surface area contributed by atoms with Crippen LogP contribution in [0.3, 0.4) is 0 Å². The Bertz CT molecular complexity index is 684. The predicted molar refractivity (Wildman–Crippen MR) is 107 cm³/mol. The summed E-state index contributed by atoms with van der Waals surface area (Å²) in [5, 5.41) is 13.5. The van der Waals surface area contributed by atoms with Crippen LogP contribution in [0.5, 0.6) is 0 Å². The number of hydrogen-bond acceptors (Lipinski definition) is 4. The van der Waals surface area contributed by atoms with Gasteiger partial charge < -0.3 is 10.4 Å². The van der Waals surface area contributed by atoms with E-state index in [-0.39, 0.29) is 47.1 Å². The third-order valence-corrected chi connectivity index (χ3v) is 7.58. The number of nitrogens with one attached hydrogen (secondary N) is 1. The number of rotatable bonds is 5. The van der Waals surface area contributed by atoms with Crippen molar-refractivity contribution in [3.8, 4) is 0 Å². The summed E-state index contributed by atoms with van der Waals surface area (Å²) in [6, 6.07) is -0.596. The number of fused-ring (bicyclic) bond motifs is 1. The molecule has 1 heterocycles. The van der Waals surface area contributed by atoms with Gasteiger partial charge in [0.15, 0.2) is 17.5 Å². The smallest absolute Gasteiger partial charge is 0.238 e. The van der Waals surface area contributed by atoms with E-state index in [4.69, 9.17) is 0 Å². The summed E-state index contributed by atoms with van der Waals surface area (Å²) in [4.78, 5) is 38.8. The molecule has 1 aliphatic heterocycles. The zero-order chi connectivity index (χ0) is 20.7. The molecule has 5 nitrogen and oxygen atoms in total. The molecule has 0 bridgehead atoms. The first-order valence-corrected chi connectivity index (χ1v) is 11.0. The van der Waals surface area contributed by atoms with Crippen LogP contribution in [0.4, 0.5) is 0 Å². The summed E-state index contributed by atoms with van der Waals surface area (Å²) in [6.45, 7) is 9.99. The van der Waals surface area contributed by atoms with Crippen molar-refractivity contribution in [3.05, 3.63) is 11.6 Å². The fourth-order valence-electron chi connectivity index (χ4n) is 6.25. The van der Waals surface area contributed by atoms with Gasteiger partial charge in [0.05, 0.1) is 12.1 Å². The van der Waals surface area contributed by atoms with E-state index in [0.29, 0.717) is 0 Å². The zero-order valence-electron chi connectivity index (χ0n) is 17.8. The topological polar surface area (TPSA) is 83.5 Å². The molecule has 0 aromatic rings. The number of carbonyl (C=O) groups is 3. The lowest BCUT2D eigenvalue weighted by molar-refractivity contribution is -0.144. The predicted octanol–water partition coefficient (Wildman–Crippen LogP) is 2.91. The lowest BCUT2D eigenvalue weighted by Crippen LogP contribution is -2.52. The largest absolute Gasteiger partial charge is 0.393 e. The minimum absolute atomic E-state index is 0.000422. The molecule has 5 heteroatoms. The van der Waals surface area contributed by atoms with E-state index in [1.165, 1.54) is 5.57 Å². The van der Waals surface area contributed by atoms with Gasteiger partial charge in [-0.05, 0) is 56.3 Å². The number of ketones is 2. The molecule has 2 aliphatic carbocycles. The number of carbonyl (C=O) groups excluding carboxylic acids is 3. The average molecular weight is 390 g/mol. The fourth-order valence-corrected chi connectivity index (χ4v) is 6.25. The van der Waals surface area contributed by atoms with Crippen LogP contribution < -0.4 is 5.32 Å². The summed E-state index contributed by atoms with van der Waals surface area (Å²) in [6.07, 6.45) is 5.32. The Morgan fingerprint density at radius 3 is 2.46 bits per heavy atom. The highest BCUT2D eigenvalue weighted by atomic mass is 16.3. The summed E-state index contributed by atoms with van der Waals surface area (Å²) in [5.41, 5.74) is 1.21. The van der Waals surface area contributed by atoms with Gasteiger partial charge in [0.2, 0.25) is 5.91 Å². The molecule has 2 fully saturated rings. The number of aliphatic hydroxyl groups excluding tert-OH is 1. The van der Waals surface area contributed by atoms with Gasteiger partial charge in [-0.1, -0.05) is 45.3 Å². The van der Waals surface area contributed by atoms with Crippen LogP contribution in [0, 0.1) is 41.4 Å². The summed E-state index contributed by atoms with van der Waals surface area (Å²) >= 11 is 0. The second-order valence-corrected chi connectivity index (χ2v) is 9.32. The first kappa shape index (κ1) is 21.2. The Labute approximate surface area is 168 Å². The van der Waals surface area contributed by atoms with Gasteiger partial charge in [0, 0.05) is 5.92 Å². The molecular formula is C23H35NO4. The molecule has 1 saturated heterocycles. The molecule has 0 radical (unpaired) electrons. The van der Waals surface area contributed by atoms with Crippen molar-refractivity contribution in [1.29, 1.82) is 0 Å². The van der Waals surface area contributed by atoms with Crippen LogP contribution in [0.1, 0.15) is 60.3 Å². The fraction of sp³-hybridized carbons (Fsp3) is 0.783. The highest BCUT2D eigenvalue weighted by Gasteiger charge is 2.55. The molecule has 3 aliphatic rings. The molecule has 9 atom stereocenters. The minimum atomic E-state index is -1.18. The molecule has 0 spiro atoms. The molecular weight excluding hydrogens is 354 g/mol. The second kappa shape index (κ2) is 8.10. The van der Waals surface area contributed by atoms with Gasteiger partial charge in [-0.15, -0.1) is 0 Å². The molecule has 1 amide bonds. The maximum Gasteiger partial charge on any atom is 0.238 e. The molecule has 0 aromatic carbocycles. The van der Waals surface area contributed by atoms with Crippen molar-refractivity contribution >= 4 is 17.5 Å². The van der Waals surface area contributed by atoms with Gasteiger partial charge in [0.1, 0.15) is 0 Å². The number of aliphatic hydroxyl groups is 1. The van der Waals surface area contributed by atoms with Gasteiger partial charge in [-0.2, -0.15) is 0 Å². The third-order valence-electron chi connectivity index (χ3n) is 7.58. The Hall–Kier alpha value is -1.49. The van der Waals surface area contributed by atoms with Crippen LogP contribution in [0.15, 0.2) is 11.6 Å². The Morgan fingerprint density at radius 1 is 1.25 bits per heavy atom. The van der Waals surface area contributed by atoms with Gasteiger partial charge in [-0.3, -0.25) is 14.4 Å². The van der Waals surface area contributed by atoms with Crippen LogP contribution in [0.2, 0.25) is 0 Å². The lowest BCUT2D eigenvalue weighted by atomic mass is 9.53. The molecule has 1 saturated carbocycles. The lowest BCUT2D eigenvalue weighted by Gasteiger charge is -2.51. The number of Topliss-reactive ketones (excluding diaryl/α,β-unsaturated/α-hetero) is 2. The normalized spacial score (nSPS) is 43.4. The van der Waals surface area contributed by atoms with Gasteiger partial charge >= 0.3 is 0 Å². The summed E-state index contributed by atoms with van der Waals surface area (Å²) < 4.78 is 0. The van der Waals surface area contributed by atoms with E-state index in [1.54, 1.807) is 6.92 Å². The van der Waals surface area contributed by atoms with Gasteiger partial charge in [-0.25, -0.2) is 0 Å². The van der Waals surface area contributed by atoms with Crippen molar-refractivity contribution in [3.63, 3.8) is 0 Å². The van der Waals surface area contributed by atoms with E-state index in [2.05, 4.69) is 39.1 Å². The zero-order valence-corrected chi connectivity index (χ0v) is 17.8. The van der Waals surface area contributed by atoms with E-state index in [1.807, 2.05) is 0 Å². The van der Waals surface area contributed by atoms with Gasteiger partial charge in [0.25, 0.3) is 0 Å². The standard InChI is InChI=1S/C23H35NO4/c1-6-8-16-11(3)9-14-10-12(4)20(25)15(7-2)17(14)18(16)22(27)19-21(26)13(5)24-23(19)28/h9,12-20,25H,6-8,10H2,1-5H3,(H,24,28). The SMILES string of the molecule is CCCC1C(C)=CC2CC(C)C(O)C(CC)C2C1C(=O)C1C(=O)NC(C)C1=O. The Morgan fingerprint density at radius 2 is 1.93 bits per heavy atom. The van der Waals surface area contributed by atoms with Crippen LogP contribution in [-0.4, -0.2) is 34.7 Å². The van der Waals surface area contributed by atoms with E-state index in [0.717, 1.165) is 25.7 Å². The second-order valence-electron chi connectivity index (χ2n) is 9.32. The molecule has 0 aromatic heterocycles. The first-order chi connectivity index (χ1) is 13.2. The van der Waals surface area contributed by atoms with E-state index >= 15 is 0 Å². The van der Waals surface area contributed by atoms with Crippen molar-refractivity contribution in [1.82, 2.24) is 5.32 Å². The summed E-state index contributed by atoms with van der Waals surface area (Å²) in [7, 11) is 0. The highest BCUT2D eigenvalue weighted by molar-refractivity contribution is 6.24. The Balaban J connectivity index is 2.05. The molecule has 3 rings (SSSR count). The van der Waals surface area contributed by atoms with Crippen LogP contribution in [-0.2, 0) is 14.4 Å². The maximum atomic E-state index is 13.7. The van der Waals surface area contributed by atoms with Crippen LogP contribution in [0.25, 0.3) is 0 Å². The number of hydrogen-bond donors (Lipinski definition) is 2. The molecule has 2 N–H and O–H groups in total. The van der Waals surface area contributed by atoms with Crippen molar-refractivity contribution in [2.45, 2.75) is 72.4 Å². The van der Waals surface area contributed by atoms with Crippen molar-refractivity contribution in [2.75, 3.05) is 0 Å². The number of amides is 1. The van der Waals surface area contributed by atoms with Crippen molar-refractivity contribution < 1.29 is 19.5 Å². The first-order valence-electron chi connectivity index (χ1n) is 11.0. The summed E-state index contributed by atoms with van der Waals surface area (Å²) in [5.74, 6) is -2.03. The monoisotopic (exact) mass is 389 g/mol. The van der Waals surface area contributed by atoms with Crippen molar-refractivity contribution in [2.24, 2.45) is 41.4 Å².